The number of aromatic amines is 1. The van der Waals surface area contributed by atoms with E-state index in [4.69, 9.17) is 10.5 Å². The number of nitriles is 1. The van der Waals surface area contributed by atoms with Gasteiger partial charge in [-0.1, -0.05) is 25.2 Å². The molecule has 2 aliphatic heterocycles. The highest BCUT2D eigenvalue weighted by molar-refractivity contribution is 7.99. The summed E-state index contributed by atoms with van der Waals surface area (Å²) in [6.45, 7) is 7.88. The summed E-state index contributed by atoms with van der Waals surface area (Å²) in [6.07, 6.45) is 0.974. The van der Waals surface area contributed by atoms with Crippen LogP contribution < -0.4 is 15.6 Å². The minimum absolute atomic E-state index is 0.185. The van der Waals surface area contributed by atoms with E-state index < -0.39 is 0 Å². The molecule has 0 spiro atoms. The topological polar surface area (TPSA) is 76.4 Å². The van der Waals surface area contributed by atoms with Gasteiger partial charge in [-0.15, -0.1) is 0 Å². The van der Waals surface area contributed by atoms with Crippen molar-refractivity contribution < 1.29 is 9.72 Å². The predicted octanol–water partition coefficient (Wildman–Crippen LogP) is 2.57. The van der Waals surface area contributed by atoms with Crippen LogP contribution in [0.5, 0.6) is 0 Å². The normalized spacial score (nSPS) is 20.0. The van der Waals surface area contributed by atoms with Crippen molar-refractivity contribution in [1.82, 2.24) is 0 Å². The van der Waals surface area contributed by atoms with E-state index >= 15 is 0 Å². The molecule has 1 saturated heterocycles. The number of H-pyrrole nitrogens is 1. The molecule has 0 bridgehead atoms. The molecular formula is C17H21N4OS2+. The van der Waals surface area contributed by atoms with Gasteiger partial charge in [0, 0.05) is 10.5 Å². The first kappa shape index (κ1) is 16.0. The zero-order valence-electron chi connectivity index (χ0n) is 13.9. The van der Waals surface area contributed by atoms with Crippen molar-refractivity contribution in [3.63, 3.8) is 0 Å². The number of thiophene rings is 1. The lowest BCUT2D eigenvalue weighted by Gasteiger charge is -2.32. The number of thioether (sulfide) groups is 1. The van der Waals surface area contributed by atoms with E-state index in [-0.39, 0.29) is 4.75 Å². The van der Waals surface area contributed by atoms with Gasteiger partial charge in [-0.05, 0) is 12.0 Å². The van der Waals surface area contributed by atoms with Crippen LogP contribution in [0.2, 0.25) is 0 Å². The first-order chi connectivity index (χ1) is 11.5. The number of rotatable bonds is 1. The first-order valence-corrected chi connectivity index (χ1v) is 9.96. The number of nitrogens with one attached hydrogen (secondary N) is 1. The maximum absolute atomic E-state index is 9.38. The zero-order chi connectivity index (χ0) is 16.9. The van der Waals surface area contributed by atoms with Crippen LogP contribution in [-0.4, -0.2) is 31.1 Å². The predicted molar refractivity (Wildman–Crippen MR) is 99.6 cm³/mol. The van der Waals surface area contributed by atoms with Crippen molar-refractivity contribution in [1.29, 1.82) is 5.26 Å². The molecule has 4 heterocycles. The Labute approximate surface area is 149 Å². The molecule has 5 nitrogen and oxygen atoms in total. The molecule has 126 valence electrons. The number of fused-ring (bicyclic) bond motifs is 3. The molecular weight excluding hydrogens is 340 g/mol. The van der Waals surface area contributed by atoms with E-state index in [0.717, 1.165) is 48.7 Å². The average Bonchev–Trinajstić information content (AvgIpc) is 2.90. The minimum Gasteiger partial charge on any atom is -0.396 e. The number of aromatic nitrogens is 1. The monoisotopic (exact) mass is 361 g/mol. The fourth-order valence-corrected chi connectivity index (χ4v) is 5.58. The van der Waals surface area contributed by atoms with Crippen molar-refractivity contribution in [3.05, 3.63) is 16.0 Å². The molecule has 4 rings (SSSR count). The lowest BCUT2D eigenvalue weighted by Crippen LogP contribution is -2.41. The van der Waals surface area contributed by atoms with Gasteiger partial charge >= 0.3 is 0 Å². The third-order valence-corrected chi connectivity index (χ3v) is 7.15. The highest BCUT2D eigenvalue weighted by atomic mass is 32.2. The Morgan fingerprint density at radius 2 is 2.04 bits per heavy atom. The molecule has 0 unspecified atom stereocenters. The summed E-state index contributed by atoms with van der Waals surface area (Å²) >= 11 is 3.46. The summed E-state index contributed by atoms with van der Waals surface area (Å²) < 4.78 is 5.69. The van der Waals surface area contributed by atoms with Gasteiger partial charge in [0.1, 0.15) is 24.0 Å². The van der Waals surface area contributed by atoms with Crippen molar-refractivity contribution in [2.75, 3.05) is 36.9 Å². The molecule has 0 aromatic carbocycles. The second-order valence-electron chi connectivity index (χ2n) is 6.92. The maximum atomic E-state index is 9.38. The van der Waals surface area contributed by atoms with Crippen LogP contribution in [0.25, 0.3) is 10.2 Å². The number of nitrogens with two attached hydrogens (primary N) is 1. The molecule has 0 amide bonds. The van der Waals surface area contributed by atoms with Crippen molar-refractivity contribution in [3.8, 4) is 6.07 Å². The summed E-state index contributed by atoms with van der Waals surface area (Å²) in [6, 6.07) is 2.25. The van der Waals surface area contributed by atoms with Crippen LogP contribution in [0.3, 0.4) is 0 Å². The van der Waals surface area contributed by atoms with E-state index in [2.05, 4.69) is 29.8 Å². The Balaban J connectivity index is 1.96. The number of morpholine rings is 1. The van der Waals surface area contributed by atoms with Gasteiger partial charge in [-0.3, -0.25) is 4.90 Å². The van der Waals surface area contributed by atoms with Gasteiger partial charge in [0.15, 0.2) is 4.83 Å². The van der Waals surface area contributed by atoms with Gasteiger partial charge in [-0.2, -0.15) is 17.0 Å². The number of nitrogen functional groups attached to an aromatic ring is 1. The van der Waals surface area contributed by atoms with E-state index in [1.807, 2.05) is 11.8 Å². The van der Waals surface area contributed by atoms with Crippen LogP contribution in [0.1, 0.15) is 29.9 Å². The largest absolute Gasteiger partial charge is 0.396 e. The van der Waals surface area contributed by atoms with E-state index in [1.54, 1.807) is 0 Å². The Bertz CT molecular complexity index is 847. The second-order valence-corrected chi connectivity index (χ2v) is 9.62. The standard InChI is InChI=1S/C17H20N4OS2/c1-17(2)7-10-11(9-23-17)15(21-3-5-22-6-4-21)20-16-13(10)14(19)12(8-18)24-16/h3-7,9,19H2,1-2H3/p+1. The molecule has 24 heavy (non-hydrogen) atoms. The lowest BCUT2D eigenvalue weighted by molar-refractivity contribution is -0.328. The molecule has 2 aromatic rings. The van der Waals surface area contributed by atoms with Crippen molar-refractivity contribution >= 4 is 44.8 Å². The lowest BCUT2D eigenvalue weighted by atomic mass is 9.94. The SMILES string of the molecule is CC1(C)Cc2c(c(N3CCOCC3)[nH+]c3sc(C#N)c(N)c23)CS1. The summed E-state index contributed by atoms with van der Waals surface area (Å²) in [5.41, 5.74) is 9.63. The van der Waals surface area contributed by atoms with Gasteiger partial charge in [0.2, 0.25) is 0 Å². The zero-order valence-corrected chi connectivity index (χ0v) is 15.6. The van der Waals surface area contributed by atoms with Gasteiger partial charge in [0.25, 0.3) is 5.82 Å². The van der Waals surface area contributed by atoms with E-state index in [0.29, 0.717) is 10.6 Å². The van der Waals surface area contributed by atoms with E-state index in [1.165, 1.54) is 28.3 Å². The molecule has 1 fully saturated rings. The molecule has 2 aromatic heterocycles. The maximum Gasteiger partial charge on any atom is 0.280 e. The van der Waals surface area contributed by atoms with Gasteiger partial charge in [-0.25, -0.2) is 4.98 Å². The molecule has 2 aliphatic rings. The van der Waals surface area contributed by atoms with Crippen LogP contribution >= 0.6 is 23.1 Å². The van der Waals surface area contributed by atoms with E-state index in [9.17, 15) is 5.26 Å². The van der Waals surface area contributed by atoms with Crippen molar-refractivity contribution in [2.24, 2.45) is 0 Å². The van der Waals surface area contributed by atoms with Gasteiger partial charge in [0.05, 0.1) is 29.9 Å². The third kappa shape index (κ3) is 2.53. The smallest absolute Gasteiger partial charge is 0.280 e. The highest BCUT2D eigenvalue weighted by Gasteiger charge is 2.36. The van der Waals surface area contributed by atoms with Crippen LogP contribution in [0.4, 0.5) is 11.5 Å². The number of ether oxygens (including phenoxy) is 1. The number of hydrogen-bond acceptors (Lipinski definition) is 6. The second kappa shape index (κ2) is 5.80. The van der Waals surface area contributed by atoms with Crippen LogP contribution in [-0.2, 0) is 16.9 Å². The molecule has 3 N–H and O–H groups in total. The average molecular weight is 362 g/mol. The molecule has 0 atom stereocenters. The van der Waals surface area contributed by atoms with Gasteiger partial charge < -0.3 is 10.5 Å². The third-order valence-electron chi connectivity index (χ3n) is 4.77. The highest BCUT2D eigenvalue weighted by Crippen LogP contribution is 2.46. The van der Waals surface area contributed by atoms with Crippen LogP contribution in [0.15, 0.2) is 0 Å². The fraction of sp³-hybridized carbons (Fsp3) is 0.529. The first-order valence-electron chi connectivity index (χ1n) is 8.16. The summed E-state index contributed by atoms with van der Waals surface area (Å²) in [7, 11) is 0. The summed E-state index contributed by atoms with van der Waals surface area (Å²) in [5.74, 6) is 2.16. The Morgan fingerprint density at radius 1 is 1.29 bits per heavy atom. The Morgan fingerprint density at radius 3 is 2.75 bits per heavy atom. The number of pyridine rings is 1. The quantitative estimate of drug-likeness (QED) is 0.845. The molecule has 0 aliphatic carbocycles. The molecule has 7 heteroatoms. The summed E-state index contributed by atoms with van der Waals surface area (Å²) in [4.78, 5) is 7.60. The fourth-order valence-electron chi connectivity index (χ4n) is 3.54. The number of nitrogens with zero attached hydrogens (tertiary/aromatic N) is 2. The molecule has 0 saturated carbocycles. The minimum atomic E-state index is 0.185. The number of anilines is 2. The summed E-state index contributed by atoms with van der Waals surface area (Å²) in [5, 5.41) is 10.4. The Kier molecular flexibility index (Phi) is 3.87. The van der Waals surface area contributed by atoms with Crippen LogP contribution in [0, 0.1) is 11.3 Å². The van der Waals surface area contributed by atoms with Crippen molar-refractivity contribution in [2.45, 2.75) is 30.8 Å². The Hall–Kier alpha value is -1.49. The molecule has 0 radical (unpaired) electrons. The number of hydrogen-bond donors (Lipinski definition) is 1.